The number of hydrogen-bond donors (Lipinski definition) is 1. The number of nitrogens with zero attached hydrogens (tertiary/aromatic N) is 1. The van der Waals surface area contributed by atoms with Crippen molar-refractivity contribution in [2.24, 2.45) is 5.73 Å². The number of halogens is 1. The van der Waals surface area contributed by atoms with Gasteiger partial charge >= 0.3 is 0 Å². The Labute approximate surface area is 130 Å². The van der Waals surface area contributed by atoms with Crippen molar-refractivity contribution in [3.63, 3.8) is 0 Å². The fraction of sp³-hybridized carbons (Fsp3) is 0.235. The van der Waals surface area contributed by atoms with Crippen LogP contribution < -0.4 is 5.73 Å². The van der Waals surface area contributed by atoms with E-state index in [0.717, 1.165) is 6.54 Å². The Kier molecular flexibility index (Phi) is 5.04. The Bertz CT molecular complexity index is 655. The standard InChI is InChI=1S/C17H19FN2S/c1-12-5-3-6-13(9-12)10-20(2)11-14-7-4-8-15(16(14)18)17(19)21/h3-9H,10-11H2,1-2H3,(H2,19,21). The van der Waals surface area contributed by atoms with Crippen molar-refractivity contribution >= 4 is 17.2 Å². The number of aryl methyl sites for hydroxylation is 1. The van der Waals surface area contributed by atoms with Gasteiger partial charge in [0.25, 0.3) is 0 Å². The van der Waals surface area contributed by atoms with E-state index in [4.69, 9.17) is 18.0 Å². The lowest BCUT2D eigenvalue weighted by atomic mass is 10.1. The Morgan fingerprint density at radius 1 is 1.19 bits per heavy atom. The Hall–Kier alpha value is -1.78. The van der Waals surface area contributed by atoms with E-state index in [1.54, 1.807) is 18.2 Å². The predicted molar refractivity (Wildman–Crippen MR) is 88.6 cm³/mol. The van der Waals surface area contributed by atoms with Crippen LogP contribution in [0.5, 0.6) is 0 Å². The van der Waals surface area contributed by atoms with Gasteiger partial charge in [-0.15, -0.1) is 0 Å². The SMILES string of the molecule is Cc1cccc(CN(C)Cc2cccc(C(N)=S)c2F)c1. The minimum Gasteiger partial charge on any atom is -0.389 e. The first-order valence-electron chi connectivity index (χ1n) is 6.78. The zero-order chi connectivity index (χ0) is 15.4. The highest BCUT2D eigenvalue weighted by Gasteiger charge is 2.11. The summed E-state index contributed by atoms with van der Waals surface area (Å²) in [6, 6.07) is 13.5. The maximum Gasteiger partial charge on any atom is 0.137 e. The predicted octanol–water partition coefficient (Wildman–Crippen LogP) is 3.40. The molecule has 2 aromatic carbocycles. The fourth-order valence-corrected chi connectivity index (χ4v) is 2.52. The van der Waals surface area contributed by atoms with E-state index in [-0.39, 0.29) is 10.8 Å². The first kappa shape index (κ1) is 15.6. The lowest BCUT2D eigenvalue weighted by Gasteiger charge is -2.18. The van der Waals surface area contributed by atoms with E-state index < -0.39 is 0 Å². The lowest BCUT2D eigenvalue weighted by molar-refractivity contribution is 0.313. The molecule has 2 aromatic rings. The summed E-state index contributed by atoms with van der Waals surface area (Å²) in [5, 5.41) is 0. The number of benzene rings is 2. The molecule has 0 aliphatic heterocycles. The van der Waals surface area contributed by atoms with Crippen molar-refractivity contribution in [2.45, 2.75) is 20.0 Å². The van der Waals surface area contributed by atoms with E-state index in [0.29, 0.717) is 17.7 Å². The van der Waals surface area contributed by atoms with Crippen molar-refractivity contribution < 1.29 is 4.39 Å². The highest BCUT2D eigenvalue weighted by atomic mass is 32.1. The maximum absolute atomic E-state index is 14.3. The molecule has 0 fully saturated rings. The van der Waals surface area contributed by atoms with Gasteiger partial charge in [0, 0.05) is 24.2 Å². The molecule has 0 aromatic heterocycles. The molecule has 0 atom stereocenters. The van der Waals surface area contributed by atoms with Crippen LogP contribution in [0, 0.1) is 12.7 Å². The molecule has 0 heterocycles. The minimum atomic E-state index is -0.318. The molecule has 0 bridgehead atoms. The van der Waals surface area contributed by atoms with Crippen LogP contribution in [0.15, 0.2) is 42.5 Å². The van der Waals surface area contributed by atoms with E-state index in [1.807, 2.05) is 13.1 Å². The lowest BCUT2D eigenvalue weighted by Crippen LogP contribution is -2.20. The summed E-state index contributed by atoms with van der Waals surface area (Å²) in [6.07, 6.45) is 0. The molecule has 0 saturated heterocycles. The topological polar surface area (TPSA) is 29.3 Å². The normalized spacial score (nSPS) is 10.9. The fourth-order valence-electron chi connectivity index (χ4n) is 2.36. The van der Waals surface area contributed by atoms with E-state index >= 15 is 0 Å². The molecule has 0 spiro atoms. The zero-order valence-corrected chi connectivity index (χ0v) is 13.1. The minimum absolute atomic E-state index is 0.0932. The smallest absolute Gasteiger partial charge is 0.137 e. The quantitative estimate of drug-likeness (QED) is 0.858. The Morgan fingerprint density at radius 3 is 2.57 bits per heavy atom. The third kappa shape index (κ3) is 4.09. The van der Waals surface area contributed by atoms with Gasteiger partial charge in [-0.05, 0) is 25.6 Å². The molecule has 0 amide bonds. The van der Waals surface area contributed by atoms with Crippen LogP contribution in [0.25, 0.3) is 0 Å². The van der Waals surface area contributed by atoms with E-state index in [2.05, 4.69) is 30.0 Å². The van der Waals surface area contributed by atoms with Crippen LogP contribution in [-0.4, -0.2) is 16.9 Å². The van der Waals surface area contributed by atoms with Crippen molar-refractivity contribution in [3.8, 4) is 0 Å². The third-order valence-corrected chi connectivity index (χ3v) is 3.54. The number of thiocarbonyl (C=S) groups is 1. The van der Waals surface area contributed by atoms with Gasteiger partial charge in [-0.3, -0.25) is 4.90 Å². The monoisotopic (exact) mass is 302 g/mol. The zero-order valence-electron chi connectivity index (χ0n) is 12.3. The molecule has 0 saturated carbocycles. The molecule has 21 heavy (non-hydrogen) atoms. The second-order valence-electron chi connectivity index (χ2n) is 5.30. The highest BCUT2D eigenvalue weighted by Crippen LogP contribution is 2.16. The Morgan fingerprint density at radius 2 is 1.90 bits per heavy atom. The molecular formula is C17H19FN2S. The molecule has 0 unspecified atom stereocenters. The molecule has 110 valence electrons. The van der Waals surface area contributed by atoms with Crippen LogP contribution in [0.3, 0.4) is 0 Å². The maximum atomic E-state index is 14.3. The number of rotatable bonds is 5. The Balaban J connectivity index is 2.11. The van der Waals surface area contributed by atoms with Gasteiger partial charge in [-0.25, -0.2) is 4.39 Å². The van der Waals surface area contributed by atoms with Gasteiger partial charge in [-0.2, -0.15) is 0 Å². The average molecular weight is 302 g/mol. The molecule has 0 radical (unpaired) electrons. The van der Waals surface area contributed by atoms with Crippen molar-refractivity contribution in [3.05, 3.63) is 70.5 Å². The van der Waals surface area contributed by atoms with Crippen LogP contribution in [0.1, 0.15) is 22.3 Å². The highest BCUT2D eigenvalue weighted by molar-refractivity contribution is 7.80. The van der Waals surface area contributed by atoms with Crippen LogP contribution in [0.2, 0.25) is 0 Å². The van der Waals surface area contributed by atoms with Crippen LogP contribution in [0.4, 0.5) is 4.39 Å². The summed E-state index contributed by atoms with van der Waals surface area (Å²) in [7, 11) is 1.97. The van der Waals surface area contributed by atoms with Crippen LogP contribution in [-0.2, 0) is 13.1 Å². The molecule has 2 N–H and O–H groups in total. The summed E-state index contributed by atoms with van der Waals surface area (Å²) >= 11 is 4.87. The summed E-state index contributed by atoms with van der Waals surface area (Å²) in [6.45, 7) is 3.34. The summed E-state index contributed by atoms with van der Waals surface area (Å²) in [5.41, 5.74) is 8.89. The summed E-state index contributed by atoms with van der Waals surface area (Å²) in [5.74, 6) is -0.318. The molecule has 2 rings (SSSR count). The average Bonchev–Trinajstić information content (AvgIpc) is 2.40. The molecule has 0 aliphatic rings. The molecule has 4 heteroatoms. The van der Waals surface area contributed by atoms with Gasteiger partial charge in [0.05, 0.1) is 0 Å². The number of hydrogen-bond acceptors (Lipinski definition) is 2. The molecule has 2 nitrogen and oxygen atoms in total. The van der Waals surface area contributed by atoms with E-state index in [1.165, 1.54) is 11.1 Å². The van der Waals surface area contributed by atoms with Gasteiger partial charge in [0.15, 0.2) is 0 Å². The second kappa shape index (κ2) is 6.78. The second-order valence-corrected chi connectivity index (χ2v) is 5.74. The summed E-state index contributed by atoms with van der Waals surface area (Å²) in [4.78, 5) is 2.16. The van der Waals surface area contributed by atoms with Crippen molar-refractivity contribution in [1.29, 1.82) is 0 Å². The van der Waals surface area contributed by atoms with E-state index in [9.17, 15) is 4.39 Å². The molecule has 0 aliphatic carbocycles. The van der Waals surface area contributed by atoms with Crippen molar-refractivity contribution in [2.75, 3.05) is 7.05 Å². The molecular weight excluding hydrogens is 283 g/mol. The van der Waals surface area contributed by atoms with Gasteiger partial charge in [0.2, 0.25) is 0 Å². The van der Waals surface area contributed by atoms with Crippen LogP contribution >= 0.6 is 12.2 Å². The third-order valence-electron chi connectivity index (χ3n) is 3.32. The summed E-state index contributed by atoms with van der Waals surface area (Å²) < 4.78 is 14.3. The van der Waals surface area contributed by atoms with Gasteiger partial charge < -0.3 is 5.73 Å². The van der Waals surface area contributed by atoms with Gasteiger partial charge in [0.1, 0.15) is 10.8 Å². The number of nitrogens with two attached hydrogens (primary N) is 1. The van der Waals surface area contributed by atoms with Crippen molar-refractivity contribution in [1.82, 2.24) is 4.90 Å². The van der Waals surface area contributed by atoms with Gasteiger partial charge in [-0.1, -0.05) is 54.2 Å². The first-order chi connectivity index (χ1) is 9.97. The first-order valence-corrected chi connectivity index (χ1v) is 7.19. The largest absolute Gasteiger partial charge is 0.389 e.